The highest BCUT2D eigenvalue weighted by Gasteiger charge is 2.29. The lowest BCUT2D eigenvalue weighted by Gasteiger charge is -2.30. The number of nitrogens with zero attached hydrogens (tertiary/aromatic N) is 5. The molecular weight excluding hydrogens is 330 g/mol. The summed E-state index contributed by atoms with van der Waals surface area (Å²) in [5.74, 6) is 0.611. The SMILES string of the molecule is N#Cc1cncnc1NC1CCC(NCC(=O)N2CCC[C@H]2C#N)CC1. The van der Waals surface area contributed by atoms with Crippen LogP contribution in [0, 0.1) is 22.7 Å². The van der Waals surface area contributed by atoms with Crippen molar-refractivity contribution in [1.29, 1.82) is 10.5 Å². The van der Waals surface area contributed by atoms with E-state index in [4.69, 9.17) is 10.5 Å². The highest BCUT2D eigenvalue weighted by molar-refractivity contribution is 5.79. The minimum absolute atomic E-state index is 0.0222. The molecule has 0 spiro atoms. The summed E-state index contributed by atoms with van der Waals surface area (Å²) in [5, 5.41) is 24.9. The number of carbonyl (C=O) groups is 1. The molecule has 2 heterocycles. The van der Waals surface area contributed by atoms with Crippen LogP contribution in [-0.4, -0.2) is 52.0 Å². The van der Waals surface area contributed by atoms with Gasteiger partial charge in [-0.1, -0.05) is 0 Å². The Morgan fingerprint density at radius 3 is 2.73 bits per heavy atom. The quantitative estimate of drug-likeness (QED) is 0.816. The number of nitrogens with one attached hydrogen (secondary N) is 2. The molecule has 1 aliphatic heterocycles. The summed E-state index contributed by atoms with van der Waals surface area (Å²) in [4.78, 5) is 22.0. The van der Waals surface area contributed by atoms with Gasteiger partial charge in [-0.2, -0.15) is 10.5 Å². The molecule has 1 aromatic heterocycles. The first-order valence-electron chi connectivity index (χ1n) is 9.10. The molecule has 2 aliphatic rings. The van der Waals surface area contributed by atoms with Crippen molar-refractivity contribution < 1.29 is 4.79 Å². The van der Waals surface area contributed by atoms with Gasteiger partial charge in [-0.3, -0.25) is 4.79 Å². The predicted molar refractivity (Wildman–Crippen MR) is 94.8 cm³/mol. The number of likely N-dealkylation sites (tertiary alicyclic amines) is 1. The van der Waals surface area contributed by atoms with Gasteiger partial charge in [0.25, 0.3) is 0 Å². The normalized spacial score (nSPS) is 25.3. The monoisotopic (exact) mass is 353 g/mol. The summed E-state index contributed by atoms with van der Waals surface area (Å²) >= 11 is 0. The van der Waals surface area contributed by atoms with Gasteiger partial charge >= 0.3 is 0 Å². The van der Waals surface area contributed by atoms with Crippen LogP contribution in [-0.2, 0) is 4.79 Å². The van der Waals surface area contributed by atoms with E-state index >= 15 is 0 Å². The van der Waals surface area contributed by atoms with Crippen LogP contribution in [0.25, 0.3) is 0 Å². The number of hydrogen-bond donors (Lipinski definition) is 2. The maximum Gasteiger partial charge on any atom is 0.237 e. The summed E-state index contributed by atoms with van der Waals surface area (Å²) in [6, 6.07) is 4.62. The Morgan fingerprint density at radius 2 is 2.00 bits per heavy atom. The van der Waals surface area contributed by atoms with Gasteiger partial charge in [-0.25, -0.2) is 9.97 Å². The number of amides is 1. The molecule has 0 aromatic carbocycles. The third-order valence-corrected chi connectivity index (χ3v) is 5.16. The third-order valence-electron chi connectivity index (χ3n) is 5.16. The van der Waals surface area contributed by atoms with Gasteiger partial charge in [0, 0.05) is 18.6 Å². The predicted octanol–water partition coefficient (Wildman–Crippen LogP) is 1.18. The molecule has 1 saturated heterocycles. The molecular formula is C18H23N7O. The maximum atomic E-state index is 12.3. The molecule has 1 saturated carbocycles. The first kappa shape index (κ1) is 18.1. The summed E-state index contributed by atoms with van der Waals surface area (Å²) in [6.07, 6.45) is 8.47. The van der Waals surface area contributed by atoms with Gasteiger partial charge < -0.3 is 15.5 Å². The van der Waals surface area contributed by atoms with E-state index in [9.17, 15) is 4.79 Å². The van der Waals surface area contributed by atoms with E-state index in [1.165, 1.54) is 12.5 Å². The third kappa shape index (κ3) is 4.27. The van der Waals surface area contributed by atoms with Gasteiger partial charge in [-0.15, -0.1) is 0 Å². The molecule has 8 nitrogen and oxygen atoms in total. The van der Waals surface area contributed by atoms with E-state index in [-0.39, 0.29) is 18.0 Å². The van der Waals surface area contributed by atoms with Crippen LogP contribution in [0.1, 0.15) is 44.1 Å². The Labute approximate surface area is 153 Å². The number of carbonyl (C=O) groups excluding carboxylic acids is 1. The number of nitriles is 2. The zero-order chi connectivity index (χ0) is 18.4. The van der Waals surface area contributed by atoms with Crippen LogP contribution in [0.4, 0.5) is 5.82 Å². The topological polar surface area (TPSA) is 118 Å². The Hall–Kier alpha value is -2.71. The molecule has 1 aromatic rings. The molecule has 0 radical (unpaired) electrons. The highest BCUT2D eigenvalue weighted by atomic mass is 16.2. The Morgan fingerprint density at radius 1 is 1.23 bits per heavy atom. The average molecular weight is 353 g/mol. The van der Waals surface area contributed by atoms with Gasteiger partial charge in [0.05, 0.1) is 18.8 Å². The molecule has 136 valence electrons. The highest BCUT2D eigenvalue weighted by Crippen LogP contribution is 2.23. The van der Waals surface area contributed by atoms with Crippen LogP contribution in [0.3, 0.4) is 0 Å². The zero-order valence-corrected chi connectivity index (χ0v) is 14.7. The zero-order valence-electron chi connectivity index (χ0n) is 14.7. The maximum absolute atomic E-state index is 12.3. The van der Waals surface area contributed by atoms with E-state index in [1.807, 2.05) is 0 Å². The average Bonchev–Trinajstić information content (AvgIpc) is 3.16. The Balaban J connectivity index is 1.42. The van der Waals surface area contributed by atoms with Crippen molar-refractivity contribution in [2.75, 3.05) is 18.4 Å². The standard InChI is InChI=1S/C18H23N7O/c19-8-13-10-21-12-23-18(13)24-15-5-3-14(4-6-15)22-11-17(26)25-7-1-2-16(25)9-20/h10,12,14-16,22H,1-7,11H2,(H,21,23,24)/t14?,15?,16-/m0/s1. The van der Waals surface area contributed by atoms with E-state index < -0.39 is 0 Å². The molecule has 2 N–H and O–H groups in total. The second-order valence-electron chi connectivity index (χ2n) is 6.84. The summed E-state index contributed by atoms with van der Waals surface area (Å²) in [7, 11) is 0. The smallest absolute Gasteiger partial charge is 0.237 e. The fourth-order valence-corrected chi connectivity index (χ4v) is 3.69. The molecule has 2 fully saturated rings. The van der Waals surface area contributed by atoms with Gasteiger partial charge in [0.2, 0.25) is 5.91 Å². The summed E-state index contributed by atoms with van der Waals surface area (Å²) < 4.78 is 0. The minimum Gasteiger partial charge on any atom is -0.366 e. The molecule has 0 unspecified atom stereocenters. The van der Waals surface area contributed by atoms with Crippen LogP contribution in [0.15, 0.2) is 12.5 Å². The van der Waals surface area contributed by atoms with Crippen LogP contribution in [0.5, 0.6) is 0 Å². The van der Waals surface area contributed by atoms with E-state index in [1.54, 1.807) is 4.90 Å². The Bertz CT molecular complexity index is 715. The van der Waals surface area contributed by atoms with E-state index in [2.05, 4.69) is 32.7 Å². The van der Waals surface area contributed by atoms with Crippen molar-refractivity contribution in [3.05, 3.63) is 18.1 Å². The number of rotatable bonds is 5. The molecule has 3 rings (SSSR count). The van der Waals surface area contributed by atoms with Crippen LogP contribution < -0.4 is 10.6 Å². The van der Waals surface area contributed by atoms with Gasteiger partial charge in [-0.05, 0) is 38.5 Å². The van der Waals surface area contributed by atoms with Gasteiger partial charge in [0.15, 0.2) is 0 Å². The van der Waals surface area contributed by atoms with Crippen molar-refractivity contribution in [2.45, 2.75) is 56.7 Å². The minimum atomic E-state index is -0.258. The summed E-state index contributed by atoms with van der Waals surface area (Å²) in [5.41, 5.74) is 0.455. The van der Waals surface area contributed by atoms with Crippen molar-refractivity contribution in [3.63, 3.8) is 0 Å². The van der Waals surface area contributed by atoms with Crippen LogP contribution in [0.2, 0.25) is 0 Å². The first-order chi connectivity index (χ1) is 12.7. The van der Waals surface area contributed by atoms with E-state index in [0.717, 1.165) is 38.5 Å². The number of aromatic nitrogens is 2. The lowest BCUT2D eigenvalue weighted by molar-refractivity contribution is -0.130. The Kier molecular flexibility index (Phi) is 5.98. The fraction of sp³-hybridized carbons (Fsp3) is 0.611. The molecule has 26 heavy (non-hydrogen) atoms. The van der Waals surface area contributed by atoms with Crippen molar-refractivity contribution in [3.8, 4) is 12.1 Å². The molecule has 0 bridgehead atoms. The van der Waals surface area contributed by atoms with E-state index in [0.29, 0.717) is 30.5 Å². The molecule has 1 aliphatic carbocycles. The number of anilines is 1. The second kappa shape index (κ2) is 8.59. The summed E-state index contributed by atoms with van der Waals surface area (Å²) in [6.45, 7) is 0.987. The van der Waals surface area contributed by atoms with Crippen molar-refractivity contribution in [1.82, 2.24) is 20.2 Å². The lowest BCUT2D eigenvalue weighted by atomic mass is 9.91. The lowest BCUT2D eigenvalue weighted by Crippen LogP contribution is -2.45. The number of hydrogen-bond acceptors (Lipinski definition) is 7. The van der Waals surface area contributed by atoms with Crippen molar-refractivity contribution >= 4 is 11.7 Å². The molecule has 1 atom stereocenters. The van der Waals surface area contributed by atoms with Crippen LogP contribution >= 0.6 is 0 Å². The van der Waals surface area contributed by atoms with Gasteiger partial charge in [0.1, 0.15) is 29.8 Å². The second-order valence-corrected chi connectivity index (χ2v) is 6.84. The van der Waals surface area contributed by atoms with Crippen molar-refractivity contribution in [2.24, 2.45) is 0 Å². The molecule has 8 heteroatoms. The first-order valence-corrected chi connectivity index (χ1v) is 9.10. The largest absolute Gasteiger partial charge is 0.366 e. The molecule has 1 amide bonds. The fourth-order valence-electron chi connectivity index (χ4n) is 3.69.